The Morgan fingerprint density at radius 2 is 1.79 bits per heavy atom. The number of alkyl halides is 3. The van der Waals surface area contributed by atoms with Crippen molar-refractivity contribution in [2.75, 3.05) is 44.7 Å². The molecule has 7 rings (SSSR count). The number of fused-ring (bicyclic) bond motifs is 5. The number of imidazole rings is 1. The average molecular weight is 593 g/mol. The minimum Gasteiger partial charge on any atom is -0.379 e. The first-order valence-electron chi connectivity index (χ1n) is 13.4. The van der Waals surface area contributed by atoms with Gasteiger partial charge in [0, 0.05) is 49.0 Å². The van der Waals surface area contributed by atoms with Gasteiger partial charge in [-0.3, -0.25) is 18.9 Å². The largest absolute Gasteiger partial charge is 0.417 e. The second-order valence-corrected chi connectivity index (χ2v) is 10.4. The molecule has 0 bridgehead atoms. The molecule has 0 aliphatic carbocycles. The molecule has 0 spiro atoms. The molecule has 214 valence electrons. The van der Waals surface area contributed by atoms with E-state index in [0.717, 1.165) is 67.8 Å². The smallest absolute Gasteiger partial charge is 0.379 e. The second kappa shape index (κ2) is 10.5. The fourth-order valence-corrected chi connectivity index (χ4v) is 5.59. The van der Waals surface area contributed by atoms with Crippen LogP contribution in [0.3, 0.4) is 0 Å². The molecule has 1 aliphatic rings. The SMILES string of the molecule is FC(F)(F)c1cc(-n2c3c4cc(-c5ccc(NCCN6CCOCC6)nc5)ccc4ncc3n3cnnc23)ccc1Cl. The fraction of sp³-hybridized carbons (Fsp3) is 0.241. The molecule has 42 heavy (non-hydrogen) atoms. The quantitative estimate of drug-likeness (QED) is 0.266. The maximum absolute atomic E-state index is 13.8. The first-order chi connectivity index (χ1) is 20.4. The van der Waals surface area contributed by atoms with Gasteiger partial charge in [-0.1, -0.05) is 17.7 Å². The topological polar surface area (TPSA) is 85.4 Å². The first kappa shape index (κ1) is 26.6. The van der Waals surface area contributed by atoms with Crippen LogP contribution in [-0.2, 0) is 10.9 Å². The summed E-state index contributed by atoms with van der Waals surface area (Å²) in [5, 5.41) is 11.9. The number of benzene rings is 2. The van der Waals surface area contributed by atoms with Crippen LogP contribution in [-0.4, -0.2) is 73.4 Å². The predicted octanol–water partition coefficient (Wildman–Crippen LogP) is 5.70. The van der Waals surface area contributed by atoms with Crippen LogP contribution in [0.5, 0.6) is 0 Å². The highest BCUT2D eigenvalue weighted by Crippen LogP contribution is 2.38. The summed E-state index contributed by atoms with van der Waals surface area (Å²) in [4.78, 5) is 11.6. The van der Waals surface area contributed by atoms with Gasteiger partial charge in [0.25, 0.3) is 0 Å². The summed E-state index contributed by atoms with van der Waals surface area (Å²) in [5.41, 5.74) is 3.10. The van der Waals surface area contributed by atoms with Gasteiger partial charge in [0.05, 0.1) is 46.5 Å². The number of rotatable bonds is 6. The Kier molecular flexibility index (Phi) is 6.68. The summed E-state index contributed by atoms with van der Waals surface area (Å²) in [7, 11) is 0. The molecule has 4 aromatic heterocycles. The van der Waals surface area contributed by atoms with Crippen molar-refractivity contribution in [3.8, 4) is 16.8 Å². The average Bonchev–Trinajstić information content (AvgIpc) is 3.59. The van der Waals surface area contributed by atoms with E-state index in [0.29, 0.717) is 22.3 Å². The lowest BCUT2D eigenvalue weighted by atomic mass is 10.0. The highest BCUT2D eigenvalue weighted by molar-refractivity contribution is 6.31. The van der Waals surface area contributed by atoms with Gasteiger partial charge in [0.1, 0.15) is 12.1 Å². The lowest BCUT2D eigenvalue weighted by molar-refractivity contribution is -0.137. The molecule has 0 radical (unpaired) electrons. The first-order valence-corrected chi connectivity index (χ1v) is 13.7. The molecule has 9 nitrogen and oxygen atoms in total. The van der Waals surface area contributed by atoms with E-state index in [9.17, 15) is 13.2 Å². The maximum atomic E-state index is 13.8. The lowest BCUT2D eigenvalue weighted by Gasteiger charge is -2.26. The van der Waals surface area contributed by atoms with Crippen molar-refractivity contribution >= 4 is 45.1 Å². The monoisotopic (exact) mass is 592 g/mol. The van der Waals surface area contributed by atoms with E-state index in [1.807, 2.05) is 30.3 Å². The molecule has 6 aromatic rings. The third kappa shape index (κ3) is 4.81. The van der Waals surface area contributed by atoms with Gasteiger partial charge in [-0.25, -0.2) is 4.98 Å². The minimum absolute atomic E-state index is 0.256. The highest BCUT2D eigenvalue weighted by Gasteiger charge is 2.34. The minimum atomic E-state index is -4.62. The number of morpholine rings is 1. The van der Waals surface area contributed by atoms with Gasteiger partial charge >= 0.3 is 6.18 Å². The number of hydrogen-bond acceptors (Lipinski definition) is 7. The molecule has 1 fully saturated rings. The van der Waals surface area contributed by atoms with E-state index >= 15 is 0 Å². The fourth-order valence-electron chi connectivity index (χ4n) is 5.36. The summed E-state index contributed by atoms with van der Waals surface area (Å²) >= 11 is 5.93. The molecule has 0 saturated carbocycles. The summed E-state index contributed by atoms with van der Waals surface area (Å²) in [6.45, 7) is 5.10. The number of halogens is 4. The van der Waals surface area contributed by atoms with Crippen LogP contribution in [0.4, 0.5) is 19.0 Å². The van der Waals surface area contributed by atoms with Gasteiger partial charge in [-0.15, -0.1) is 10.2 Å². The zero-order chi connectivity index (χ0) is 28.8. The van der Waals surface area contributed by atoms with E-state index in [4.69, 9.17) is 16.3 Å². The van der Waals surface area contributed by atoms with Crippen molar-refractivity contribution in [2.45, 2.75) is 6.18 Å². The van der Waals surface area contributed by atoms with Crippen molar-refractivity contribution in [1.29, 1.82) is 0 Å². The van der Waals surface area contributed by atoms with Gasteiger partial charge in [0.15, 0.2) is 0 Å². The number of pyridine rings is 2. The summed E-state index contributed by atoms with van der Waals surface area (Å²) in [5.74, 6) is 1.14. The zero-order valence-corrected chi connectivity index (χ0v) is 22.9. The Hall–Kier alpha value is -4.26. The molecule has 13 heteroatoms. The van der Waals surface area contributed by atoms with Crippen molar-refractivity contribution in [1.82, 2.24) is 34.0 Å². The maximum Gasteiger partial charge on any atom is 0.417 e. The Morgan fingerprint density at radius 1 is 0.952 bits per heavy atom. The van der Waals surface area contributed by atoms with Crippen LogP contribution < -0.4 is 5.32 Å². The van der Waals surface area contributed by atoms with Gasteiger partial charge < -0.3 is 10.1 Å². The van der Waals surface area contributed by atoms with Crippen LogP contribution in [0.25, 0.3) is 44.5 Å². The van der Waals surface area contributed by atoms with E-state index in [-0.39, 0.29) is 10.7 Å². The van der Waals surface area contributed by atoms with Crippen molar-refractivity contribution < 1.29 is 17.9 Å². The molecular formula is C29H24ClF3N8O. The molecule has 0 atom stereocenters. The van der Waals surface area contributed by atoms with E-state index in [2.05, 4.69) is 30.4 Å². The number of anilines is 1. The molecule has 0 amide bonds. The van der Waals surface area contributed by atoms with Crippen molar-refractivity contribution in [3.63, 3.8) is 0 Å². The Balaban J connectivity index is 1.27. The van der Waals surface area contributed by atoms with Crippen LogP contribution in [0.1, 0.15) is 5.56 Å². The van der Waals surface area contributed by atoms with Crippen molar-refractivity contribution in [2.24, 2.45) is 0 Å². The molecule has 2 aromatic carbocycles. The molecule has 5 heterocycles. The van der Waals surface area contributed by atoms with E-state index in [1.165, 1.54) is 18.5 Å². The van der Waals surface area contributed by atoms with Gasteiger partial charge in [-0.2, -0.15) is 13.2 Å². The Bertz CT molecular complexity index is 1910. The molecular weight excluding hydrogens is 569 g/mol. The highest BCUT2D eigenvalue weighted by atomic mass is 35.5. The lowest BCUT2D eigenvalue weighted by Crippen LogP contribution is -2.39. The van der Waals surface area contributed by atoms with Gasteiger partial charge in [0.2, 0.25) is 5.78 Å². The van der Waals surface area contributed by atoms with E-state index < -0.39 is 11.7 Å². The van der Waals surface area contributed by atoms with E-state index in [1.54, 1.807) is 21.4 Å². The van der Waals surface area contributed by atoms with Crippen LogP contribution in [0, 0.1) is 0 Å². The molecule has 1 N–H and O–H groups in total. The van der Waals surface area contributed by atoms with Crippen LogP contribution in [0.2, 0.25) is 5.02 Å². The third-order valence-corrected chi connectivity index (χ3v) is 7.81. The summed E-state index contributed by atoms with van der Waals surface area (Å²) in [6, 6.07) is 13.5. The molecule has 1 aliphatic heterocycles. The summed E-state index contributed by atoms with van der Waals surface area (Å²) < 4.78 is 50.0. The predicted molar refractivity (Wildman–Crippen MR) is 154 cm³/mol. The molecule has 0 unspecified atom stereocenters. The number of nitrogens with one attached hydrogen (secondary N) is 1. The normalized spacial score (nSPS) is 14.8. The van der Waals surface area contributed by atoms with Crippen molar-refractivity contribution in [3.05, 3.63) is 77.8 Å². The zero-order valence-electron chi connectivity index (χ0n) is 22.1. The second-order valence-electron chi connectivity index (χ2n) is 10.0. The number of ether oxygens (including phenoxy) is 1. The van der Waals surface area contributed by atoms with Crippen LogP contribution in [0.15, 0.2) is 67.3 Å². The Morgan fingerprint density at radius 3 is 2.57 bits per heavy atom. The van der Waals surface area contributed by atoms with Crippen LogP contribution >= 0.6 is 11.6 Å². The number of hydrogen-bond donors (Lipinski definition) is 1. The third-order valence-electron chi connectivity index (χ3n) is 7.48. The molecule has 1 saturated heterocycles. The number of nitrogens with zero attached hydrogens (tertiary/aromatic N) is 7. The standard InChI is InChI=1S/C29H24ClF3N8O/c30-23-4-3-20(14-22(23)29(31,32)33)41-27-21-13-18(1-5-24(21)35-16-25(27)40-17-37-38-28(40)41)19-2-6-26(36-15-19)34-7-8-39-9-11-42-12-10-39/h1-6,13-17H,7-12H2,(H,34,36). The summed E-state index contributed by atoms with van der Waals surface area (Å²) in [6.07, 6.45) is 0.369. The number of aromatic nitrogens is 6. The van der Waals surface area contributed by atoms with Gasteiger partial charge in [-0.05, 0) is 48.0 Å². The Labute approximate surface area is 242 Å².